The zero-order valence-corrected chi connectivity index (χ0v) is 16.5. The summed E-state index contributed by atoms with van der Waals surface area (Å²) in [5, 5.41) is 6.31. The molecule has 1 aromatic heterocycles. The molecule has 1 aromatic carbocycles. The average molecular weight is 354 g/mol. The van der Waals surface area contributed by atoms with Gasteiger partial charge in [-0.25, -0.2) is 4.98 Å². The van der Waals surface area contributed by atoms with E-state index in [1.165, 1.54) is 0 Å². The van der Waals surface area contributed by atoms with Crippen molar-refractivity contribution in [2.24, 2.45) is 0 Å². The number of amides is 1. The number of para-hydroxylation sites is 1. The summed E-state index contributed by atoms with van der Waals surface area (Å²) in [6, 6.07) is 11.5. The van der Waals surface area contributed by atoms with E-state index in [1.807, 2.05) is 30.3 Å². The second kappa shape index (κ2) is 8.81. The van der Waals surface area contributed by atoms with Gasteiger partial charge < -0.3 is 15.5 Å². The molecule has 0 atom stereocenters. The lowest BCUT2D eigenvalue weighted by molar-refractivity contribution is 0.102. The van der Waals surface area contributed by atoms with Crippen LogP contribution in [0.15, 0.2) is 42.6 Å². The Morgan fingerprint density at radius 1 is 1.12 bits per heavy atom. The van der Waals surface area contributed by atoms with Gasteiger partial charge in [-0.05, 0) is 56.2 Å². The van der Waals surface area contributed by atoms with Crippen LogP contribution in [0.25, 0.3) is 0 Å². The average Bonchev–Trinajstić information content (AvgIpc) is 2.58. The maximum atomic E-state index is 12.5. The largest absolute Gasteiger partial charge is 0.384 e. The van der Waals surface area contributed by atoms with Crippen LogP contribution >= 0.6 is 0 Å². The maximum absolute atomic E-state index is 12.5. The van der Waals surface area contributed by atoms with Crippen molar-refractivity contribution >= 4 is 17.3 Å². The lowest BCUT2D eigenvalue weighted by atomic mass is 9.86. The summed E-state index contributed by atoms with van der Waals surface area (Å²) in [5.41, 5.74) is 3.23. The third-order valence-electron chi connectivity index (χ3n) is 4.09. The summed E-state index contributed by atoms with van der Waals surface area (Å²) in [4.78, 5) is 19.0. The predicted molar refractivity (Wildman–Crippen MR) is 109 cm³/mol. The first kappa shape index (κ1) is 19.9. The highest BCUT2D eigenvalue weighted by Gasteiger charge is 2.19. The summed E-state index contributed by atoms with van der Waals surface area (Å²) in [5.74, 6) is -0.194. The summed E-state index contributed by atoms with van der Waals surface area (Å²) in [7, 11) is 4.12. The van der Waals surface area contributed by atoms with Crippen LogP contribution in [0.4, 0.5) is 11.4 Å². The summed E-state index contributed by atoms with van der Waals surface area (Å²) < 4.78 is 0. The molecule has 26 heavy (non-hydrogen) atoms. The summed E-state index contributed by atoms with van der Waals surface area (Å²) >= 11 is 0. The van der Waals surface area contributed by atoms with Gasteiger partial charge in [-0.2, -0.15) is 0 Å². The van der Waals surface area contributed by atoms with Gasteiger partial charge in [0.05, 0.1) is 11.9 Å². The quantitative estimate of drug-likeness (QED) is 0.738. The normalized spacial score (nSPS) is 11.5. The molecule has 2 rings (SSSR count). The number of carbonyl (C=O) groups is 1. The Bertz CT molecular complexity index is 718. The molecule has 5 nitrogen and oxygen atoms in total. The highest BCUT2D eigenvalue weighted by atomic mass is 16.1. The Kier molecular flexibility index (Phi) is 6.75. The van der Waals surface area contributed by atoms with Crippen LogP contribution in [-0.2, 0) is 5.41 Å². The zero-order valence-electron chi connectivity index (χ0n) is 16.5. The molecular formula is C21H30N4O. The Labute approximate surface area is 156 Å². The van der Waals surface area contributed by atoms with Crippen molar-refractivity contribution in [1.29, 1.82) is 0 Å². The van der Waals surface area contributed by atoms with E-state index >= 15 is 0 Å². The molecule has 0 saturated heterocycles. The number of anilines is 2. The fourth-order valence-electron chi connectivity index (χ4n) is 2.69. The number of hydrogen-bond donors (Lipinski definition) is 2. The van der Waals surface area contributed by atoms with Gasteiger partial charge in [-0.15, -0.1) is 0 Å². The van der Waals surface area contributed by atoms with E-state index in [9.17, 15) is 4.79 Å². The fourth-order valence-corrected chi connectivity index (χ4v) is 2.69. The lowest BCUT2D eigenvalue weighted by Crippen LogP contribution is -2.19. The van der Waals surface area contributed by atoms with Gasteiger partial charge in [0.15, 0.2) is 0 Å². The van der Waals surface area contributed by atoms with Gasteiger partial charge in [0.2, 0.25) is 0 Å². The van der Waals surface area contributed by atoms with Crippen LogP contribution < -0.4 is 10.6 Å². The molecule has 0 aliphatic heterocycles. The first-order valence-corrected chi connectivity index (χ1v) is 9.03. The van der Waals surface area contributed by atoms with Gasteiger partial charge in [0.25, 0.3) is 5.91 Å². The summed E-state index contributed by atoms with van der Waals surface area (Å²) in [6.45, 7) is 8.31. The van der Waals surface area contributed by atoms with E-state index in [4.69, 9.17) is 0 Å². The number of nitrogens with zero attached hydrogens (tertiary/aromatic N) is 2. The van der Waals surface area contributed by atoms with Crippen molar-refractivity contribution in [1.82, 2.24) is 9.88 Å². The van der Waals surface area contributed by atoms with E-state index < -0.39 is 0 Å². The van der Waals surface area contributed by atoms with E-state index in [0.29, 0.717) is 5.69 Å². The Hall–Kier alpha value is -2.40. The van der Waals surface area contributed by atoms with Crippen molar-refractivity contribution in [3.63, 3.8) is 0 Å². The number of benzene rings is 1. The number of hydrogen-bond acceptors (Lipinski definition) is 4. The molecule has 140 valence electrons. The van der Waals surface area contributed by atoms with Crippen LogP contribution in [0.1, 0.15) is 43.2 Å². The van der Waals surface area contributed by atoms with E-state index in [-0.39, 0.29) is 11.3 Å². The number of carbonyl (C=O) groups excluding carboxylic acids is 1. The summed E-state index contributed by atoms with van der Waals surface area (Å²) in [6.07, 6.45) is 2.76. The Morgan fingerprint density at radius 2 is 1.85 bits per heavy atom. The van der Waals surface area contributed by atoms with Crippen molar-refractivity contribution in [3.8, 4) is 0 Å². The fraction of sp³-hybridized carbons (Fsp3) is 0.429. The molecule has 0 fully saturated rings. The first-order valence-electron chi connectivity index (χ1n) is 9.03. The molecule has 0 radical (unpaired) electrons. The maximum Gasteiger partial charge on any atom is 0.274 e. The van der Waals surface area contributed by atoms with Crippen molar-refractivity contribution in [3.05, 3.63) is 53.9 Å². The molecule has 2 N–H and O–H groups in total. The minimum Gasteiger partial charge on any atom is -0.384 e. The molecule has 0 saturated carbocycles. The predicted octanol–water partition coefficient (Wildman–Crippen LogP) is 4.00. The number of pyridine rings is 1. The zero-order chi connectivity index (χ0) is 19.2. The minimum atomic E-state index is -0.194. The monoisotopic (exact) mass is 354 g/mol. The third kappa shape index (κ3) is 5.85. The molecule has 0 unspecified atom stereocenters. The Balaban J connectivity index is 1.99. The van der Waals surface area contributed by atoms with Crippen LogP contribution in [-0.4, -0.2) is 43.0 Å². The van der Waals surface area contributed by atoms with E-state index in [2.05, 4.69) is 55.4 Å². The molecule has 0 spiro atoms. The van der Waals surface area contributed by atoms with Gasteiger partial charge in [-0.3, -0.25) is 4.79 Å². The molecule has 2 aromatic rings. The van der Waals surface area contributed by atoms with Gasteiger partial charge in [0, 0.05) is 12.2 Å². The molecule has 1 amide bonds. The van der Waals surface area contributed by atoms with Crippen LogP contribution in [0, 0.1) is 0 Å². The van der Waals surface area contributed by atoms with Crippen molar-refractivity contribution < 1.29 is 4.79 Å². The number of aromatic nitrogens is 1. The van der Waals surface area contributed by atoms with E-state index in [1.54, 1.807) is 12.3 Å². The highest BCUT2D eigenvalue weighted by molar-refractivity contribution is 6.03. The van der Waals surface area contributed by atoms with Gasteiger partial charge in [0.1, 0.15) is 5.69 Å². The second-order valence-electron chi connectivity index (χ2n) is 7.77. The number of rotatable bonds is 7. The first-order chi connectivity index (χ1) is 12.3. The second-order valence-corrected chi connectivity index (χ2v) is 7.77. The van der Waals surface area contributed by atoms with Gasteiger partial charge >= 0.3 is 0 Å². The number of nitrogens with one attached hydrogen (secondary N) is 2. The molecule has 0 aliphatic carbocycles. The van der Waals surface area contributed by atoms with E-state index in [0.717, 1.165) is 36.4 Å². The topological polar surface area (TPSA) is 57.3 Å². The third-order valence-corrected chi connectivity index (χ3v) is 4.09. The lowest BCUT2D eigenvalue weighted by Gasteiger charge is -2.22. The highest BCUT2D eigenvalue weighted by Crippen LogP contribution is 2.29. The van der Waals surface area contributed by atoms with Crippen LogP contribution in [0.2, 0.25) is 0 Å². The van der Waals surface area contributed by atoms with Crippen molar-refractivity contribution in [2.45, 2.75) is 32.6 Å². The van der Waals surface area contributed by atoms with Crippen LogP contribution in [0.5, 0.6) is 0 Å². The standard InChI is InChI=1S/C21H30N4O/c1-21(2,3)17-9-6-7-10-18(17)24-20(26)19-12-11-16(15-23-19)22-13-8-14-25(4)5/h6-7,9-12,15,22H,8,13-14H2,1-5H3,(H,24,26). The van der Waals surface area contributed by atoms with Gasteiger partial charge in [-0.1, -0.05) is 39.0 Å². The SMILES string of the molecule is CN(C)CCCNc1ccc(C(=O)Nc2ccccc2C(C)(C)C)nc1. The van der Waals surface area contributed by atoms with Crippen molar-refractivity contribution in [2.75, 3.05) is 37.8 Å². The molecule has 0 bridgehead atoms. The molecular weight excluding hydrogens is 324 g/mol. The van der Waals surface area contributed by atoms with Crippen LogP contribution in [0.3, 0.4) is 0 Å². The molecule has 5 heteroatoms. The smallest absolute Gasteiger partial charge is 0.274 e. The molecule has 1 heterocycles. The minimum absolute atomic E-state index is 0.0440. The Morgan fingerprint density at radius 3 is 2.46 bits per heavy atom. The molecule has 0 aliphatic rings.